The molecular weight excluding hydrogens is 272 g/mol. The number of likely N-dealkylation sites (tertiary alicyclic amines) is 1. The van der Waals surface area contributed by atoms with Crippen LogP contribution in [-0.4, -0.2) is 52.9 Å². The lowest BCUT2D eigenvalue weighted by Gasteiger charge is -2.35. The molecule has 0 bridgehead atoms. The van der Waals surface area contributed by atoms with Crippen molar-refractivity contribution >= 4 is 12.0 Å². The normalized spacial score (nSPS) is 20.4. The molecule has 0 aromatic rings. The molecule has 1 rings (SSSR count). The van der Waals surface area contributed by atoms with E-state index in [1.54, 1.807) is 4.90 Å². The maximum atomic E-state index is 12.2. The van der Waals surface area contributed by atoms with Crippen LogP contribution in [0.25, 0.3) is 0 Å². The fourth-order valence-corrected chi connectivity index (χ4v) is 2.94. The number of amides is 2. The highest BCUT2D eigenvalue weighted by atomic mass is 16.4. The van der Waals surface area contributed by atoms with Crippen LogP contribution in [0.5, 0.6) is 0 Å². The highest BCUT2D eigenvalue weighted by Crippen LogP contribution is 2.18. The van der Waals surface area contributed by atoms with E-state index in [1.807, 2.05) is 13.8 Å². The van der Waals surface area contributed by atoms with E-state index in [0.29, 0.717) is 19.0 Å². The number of nitrogens with one attached hydrogen (secondary N) is 1. The van der Waals surface area contributed by atoms with Gasteiger partial charge in [0.15, 0.2) is 0 Å². The van der Waals surface area contributed by atoms with Crippen molar-refractivity contribution in [1.82, 2.24) is 10.2 Å². The van der Waals surface area contributed by atoms with Crippen LogP contribution in [0.1, 0.15) is 46.0 Å². The van der Waals surface area contributed by atoms with Crippen LogP contribution in [0.3, 0.4) is 0 Å². The summed E-state index contributed by atoms with van der Waals surface area (Å²) < 4.78 is 0. The van der Waals surface area contributed by atoms with Crippen molar-refractivity contribution in [1.29, 1.82) is 0 Å². The Bertz CT molecular complexity index is 347. The number of carboxylic acids is 1. The third-order valence-electron chi connectivity index (χ3n) is 3.91. The molecule has 6 heteroatoms. The van der Waals surface area contributed by atoms with E-state index in [1.165, 1.54) is 0 Å². The van der Waals surface area contributed by atoms with Gasteiger partial charge in [0.25, 0.3) is 0 Å². The van der Waals surface area contributed by atoms with Gasteiger partial charge in [0.2, 0.25) is 0 Å². The third kappa shape index (κ3) is 6.33. The summed E-state index contributed by atoms with van der Waals surface area (Å²) in [7, 11) is 0. The lowest BCUT2D eigenvalue weighted by Crippen LogP contribution is -2.51. The van der Waals surface area contributed by atoms with Crippen LogP contribution in [0.4, 0.5) is 4.79 Å². The Morgan fingerprint density at radius 1 is 1.33 bits per heavy atom. The Morgan fingerprint density at radius 3 is 2.62 bits per heavy atom. The number of aliphatic hydroxyl groups is 1. The number of carbonyl (C=O) groups is 2. The lowest BCUT2D eigenvalue weighted by molar-refractivity contribution is -0.138. The van der Waals surface area contributed by atoms with Crippen LogP contribution in [0.15, 0.2) is 0 Å². The van der Waals surface area contributed by atoms with E-state index in [4.69, 9.17) is 5.11 Å². The third-order valence-corrected chi connectivity index (χ3v) is 3.91. The highest BCUT2D eigenvalue weighted by molar-refractivity contribution is 5.74. The van der Waals surface area contributed by atoms with E-state index in [2.05, 4.69) is 5.32 Å². The first kappa shape index (κ1) is 17.8. The molecule has 0 radical (unpaired) electrons. The number of carboxylic acid groups (broad SMARTS) is 1. The first-order chi connectivity index (χ1) is 9.93. The van der Waals surface area contributed by atoms with Crippen molar-refractivity contribution in [2.24, 2.45) is 11.8 Å². The highest BCUT2D eigenvalue weighted by Gasteiger charge is 2.26. The molecule has 1 fully saturated rings. The number of hydrogen-bond donors (Lipinski definition) is 3. The molecule has 2 unspecified atom stereocenters. The van der Waals surface area contributed by atoms with Gasteiger partial charge in [0.1, 0.15) is 0 Å². The molecule has 1 saturated heterocycles. The number of rotatable bonds is 7. The van der Waals surface area contributed by atoms with E-state index >= 15 is 0 Å². The summed E-state index contributed by atoms with van der Waals surface area (Å²) in [6, 6.07) is -0.297. The SMILES string of the molecule is CC(C)CC(CNC(=O)N1CCCCC1CO)CC(=O)O. The van der Waals surface area contributed by atoms with Crippen molar-refractivity contribution in [2.45, 2.75) is 52.0 Å². The summed E-state index contributed by atoms with van der Waals surface area (Å²) in [6.07, 6.45) is 3.66. The van der Waals surface area contributed by atoms with Crippen LogP contribution in [-0.2, 0) is 4.79 Å². The minimum absolute atomic E-state index is 0.0159. The van der Waals surface area contributed by atoms with Gasteiger partial charge in [-0.2, -0.15) is 0 Å². The molecule has 2 atom stereocenters. The summed E-state index contributed by atoms with van der Waals surface area (Å²) >= 11 is 0. The fourth-order valence-electron chi connectivity index (χ4n) is 2.94. The van der Waals surface area contributed by atoms with Crippen LogP contribution in [0, 0.1) is 11.8 Å². The standard InChI is InChI=1S/C15H28N2O4/c1-11(2)7-12(8-14(19)20)9-16-15(21)17-6-4-3-5-13(17)10-18/h11-13,18H,3-10H2,1-2H3,(H,16,21)(H,19,20). The molecule has 1 heterocycles. The smallest absolute Gasteiger partial charge is 0.317 e. The van der Waals surface area contributed by atoms with Crippen LogP contribution < -0.4 is 5.32 Å². The average molecular weight is 300 g/mol. The fraction of sp³-hybridized carbons (Fsp3) is 0.867. The van der Waals surface area contributed by atoms with Crippen molar-refractivity contribution in [2.75, 3.05) is 19.7 Å². The minimum atomic E-state index is -0.832. The second-order valence-corrected chi connectivity index (χ2v) is 6.31. The molecule has 0 spiro atoms. The van der Waals surface area contributed by atoms with Gasteiger partial charge in [-0.3, -0.25) is 4.79 Å². The molecule has 3 N–H and O–H groups in total. The predicted octanol–water partition coefficient (Wildman–Crippen LogP) is 1.68. The molecule has 122 valence electrons. The zero-order chi connectivity index (χ0) is 15.8. The van der Waals surface area contributed by atoms with Gasteiger partial charge in [-0.1, -0.05) is 13.8 Å². The van der Waals surface area contributed by atoms with Gasteiger partial charge in [0.05, 0.1) is 12.6 Å². The van der Waals surface area contributed by atoms with Crippen molar-refractivity contribution in [3.8, 4) is 0 Å². The Kier molecular flexibility index (Phi) is 7.50. The van der Waals surface area contributed by atoms with Crippen molar-refractivity contribution < 1.29 is 19.8 Å². The zero-order valence-electron chi connectivity index (χ0n) is 13.0. The Labute approximate surface area is 126 Å². The maximum absolute atomic E-state index is 12.2. The van der Waals surface area contributed by atoms with E-state index in [-0.39, 0.29) is 31.0 Å². The van der Waals surface area contributed by atoms with Gasteiger partial charge in [-0.15, -0.1) is 0 Å². The van der Waals surface area contributed by atoms with Crippen molar-refractivity contribution in [3.05, 3.63) is 0 Å². The Morgan fingerprint density at radius 2 is 2.05 bits per heavy atom. The van der Waals surface area contributed by atoms with E-state index < -0.39 is 5.97 Å². The summed E-state index contributed by atoms with van der Waals surface area (Å²) in [5.41, 5.74) is 0. The number of hydrogen-bond acceptors (Lipinski definition) is 3. The number of piperidine rings is 1. The second kappa shape index (κ2) is 8.87. The topological polar surface area (TPSA) is 89.9 Å². The summed E-state index contributed by atoms with van der Waals surface area (Å²) in [6.45, 7) is 5.10. The van der Waals surface area contributed by atoms with Crippen LogP contribution >= 0.6 is 0 Å². The average Bonchev–Trinajstić information content (AvgIpc) is 2.43. The Balaban J connectivity index is 2.49. The van der Waals surface area contributed by atoms with Gasteiger partial charge in [-0.05, 0) is 37.5 Å². The maximum Gasteiger partial charge on any atom is 0.317 e. The number of aliphatic carboxylic acids is 1. The molecular formula is C15H28N2O4. The molecule has 6 nitrogen and oxygen atoms in total. The largest absolute Gasteiger partial charge is 0.481 e. The number of aliphatic hydroxyl groups excluding tert-OH is 1. The molecule has 0 aromatic heterocycles. The molecule has 2 amide bonds. The van der Waals surface area contributed by atoms with Crippen molar-refractivity contribution in [3.63, 3.8) is 0 Å². The minimum Gasteiger partial charge on any atom is -0.481 e. The van der Waals surface area contributed by atoms with Gasteiger partial charge in [-0.25, -0.2) is 4.79 Å². The molecule has 1 aliphatic heterocycles. The predicted molar refractivity (Wildman–Crippen MR) is 80.0 cm³/mol. The van der Waals surface area contributed by atoms with Gasteiger partial charge >= 0.3 is 12.0 Å². The lowest BCUT2D eigenvalue weighted by atomic mass is 9.94. The second-order valence-electron chi connectivity index (χ2n) is 6.31. The summed E-state index contributed by atoms with van der Waals surface area (Å²) in [5, 5.41) is 21.1. The quantitative estimate of drug-likeness (QED) is 0.667. The van der Waals surface area contributed by atoms with Gasteiger partial charge in [0, 0.05) is 19.5 Å². The van der Waals surface area contributed by atoms with E-state index in [9.17, 15) is 14.7 Å². The number of urea groups is 1. The monoisotopic (exact) mass is 300 g/mol. The molecule has 21 heavy (non-hydrogen) atoms. The zero-order valence-corrected chi connectivity index (χ0v) is 13.0. The molecule has 0 saturated carbocycles. The summed E-state index contributed by atoms with van der Waals surface area (Å²) in [4.78, 5) is 24.8. The van der Waals surface area contributed by atoms with Gasteiger partial charge < -0.3 is 20.4 Å². The Hall–Kier alpha value is -1.30. The summed E-state index contributed by atoms with van der Waals surface area (Å²) in [5.74, 6) is -0.489. The molecule has 0 aliphatic carbocycles. The molecule has 1 aliphatic rings. The van der Waals surface area contributed by atoms with Crippen LogP contribution in [0.2, 0.25) is 0 Å². The first-order valence-electron chi connectivity index (χ1n) is 7.81. The number of carbonyl (C=O) groups excluding carboxylic acids is 1. The first-order valence-corrected chi connectivity index (χ1v) is 7.81. The molecule has 0 aromatic carbocycles. The number of nitrogens with zero attached hydrogens (tertiary/aromatic N) is 1. The van der Waals surface area contributed by atoms with E-state index in [0.717, 1.165) is 25.7 Å².